The first-order valence-corrected chi connectivity index (χ1v) is 9.68. The first-order valence-electron chi connectivity index (χ1n) is 7.40. The molecule has 0 aromatic heterocycles. The van der Waals surface area contributed by atoms with Crippen LogP contribution in [0.1, 0.15) is 0 Å². The number of rotatable bonds is 8. The predicted molar refractivity (Wildman–Crippen MR) is 98.4 cm³/mol. The minimum atomic E-state index is -4.01. The molecule has 140 valence electrons. The Hall–Kier alpha value is -2.30. The Morgan fingerprint density at radius 1 is 1.12 bits per heavy atom. The van der Waals surface area contributed by atoms with Crippen LogP contribution in [-0.4, -0.2) is 34.8 Å². The third-order valence-electron chi connectivity index (χ3n) is 3.10. The van der Waals surface area contributed by atoms with E-state index in [0.717, 1.165) is 11.4 Å². The second kappa shape index (κ2) is 9.41. The molecule has 0 aliphatic rings. The van der Waals surface area contributed by atoms with Gasteiger partial charge in [0.2, 0.25) is 0 Å². The van der Waals surface area contributed by atoms with E-state index < -0.39 is 16.2 Å². The molecular formula is C16H17BrN2O6S. The molecule has 0 heterocycles. The minimum absolute atomic E-state index is 0.0123. The number of halogens is 1. The van der Waals surface area contributed by atoms with E-state index in [0.29, 0.717) is 11.0 Å². The molecule has 2 aromatic rings. The number of sulfonamides is 1. The topological polar surface area (TPSA) is 103 Å². The molecule has 0 atom stereocenters. The monoisotopic (exact) mass is 444 g/mol. The lowest BCUT2D eigenvalue weighted by atomic mass is 10.3. The van der Waals surface area contributed by atoms with Crippen molar-refractivity contribution in [3.8, 4) is 5.75 Å². The summed E-state index contributed by atoms with van der Waals surface area (Å²) in [5.74, 6) is 0.729. The first kappa shape index (κ1) is 20.0. The van der Waals surface area contributed by atoms with Gasteiger partial charge < -0.3 is 19.6 Å². The van der Waals surface area contributed by atoms with Crippen LogP contribution in [0.5, 0.6) is 5.75 Å². The number of hydrogen-bond donors (Lipinski definition) is 2. The fraction of sp³-hybridized carbons (Fsp3) is 0.188. The summed E-state index contributed by atoms with van der Waals surface area (Å²) in [6, 6.07) is 13.3. The maximum absolute atomic E-state index is 12.0. The molecule has 2 aromatic carbocycles. The molecule has 0 radical (unpaired) electrons. The van der Waals surface area contributed by atoms with Crippen molar-refractivity contribution in [2.75, 3.05) is 25.6 Å². The number of carbonyl (C=O) groups is 1. The summed E-state index contributed by atoms with van der Waals surface area (Å²) in [5, 5.41) is 3.02. The Kier molecular flexibility index (Phi) is 7.25. The van der Waals surface area contributed by atoms with E-state index in [1.54, 1.807) is 42.3 Å². The highest BCUT2D eigenvalue weighted by molar-refractivity contribution is 9.10. The van der Waals surface area contributed by atoms with Gasteiger partial charge in [0.25, 0.3) is 10.0 Å². The number of nitrogens with one attached hydrogen (secondary N) is 2. The van der Waals surface area contributed by atoms with Crippen molar-refractivity contribution < 1.29 is 27.5 Å². The van der Waals surface area contributed by atoms with Crippen LogP contribution in [-0.2, 0) is 19.6 Å². The van der Waals surface area contributed by atoms with Crippen molar-refractivity contribution in [2.45, 2.75) is 4.90 Å². The maximum atomic E-state index is 12.0. The molecule has 0 saturated carbocycles. The molecule has 2 N–H and O–H groups in total. The molecule has 0 unspecified atom stereocenters. The van der Waals surface area contributed by atoms with Crippen LogP contribution in [0.4, 0.5) is 10.5 Å². The van der Waals surface area contributed by atoms with Gasteiger partial charge in [0.05, 0.1) is 12.0 Å². The van der Waals surface area contributed by atoms with E-state index in [9.17, 15) is 13.2 Å². The number of methoxy groups -OCH3 is 1. The van der Waals surface area contributed by atoms with Crippen LogP contribution in [0.2, 0.25) is 0 Å². The average molecular weight is 445 g/mol. The number of benzene rings is 2. The minimum Gasteiger partial charge on any atom is -0.497 e. The third kappa shape index (κ3) is 5.90. The Balaban J connectivity index is 1.72. The molecule has 0 aliphatic carbocycles. The zero-order valence-electron chi connectivity index (χ0n) is 13.8. The summed E-state index contributed by atoms with van der Waals surface area (Å²) in [7, 11) is -2.44. The van der Waals surface area contributed by atoms with Gasteiger partial charge in [-0.3, -0.25) is 0 Å². The van der Waals surface area contributed by atoms with Gasteiger partial charge >= 0.3 is 6.16 Å². The van der Waals surface area contributed by atoms with Crippen molar-refractivity contribution in [1.82, 2.24) is 4.89 Å². The van der Waals surface area contributed by atoms with Gasteiger partial charge in [0.15, 0.2) is 0 Å². The van der Waals surface area contributed by atoms with Crippen LogP contribution < -0.4 is 14.9 Å². The van der Waals surface area contributed by atoms with E-state index in [2.05, 4.69) is 26.1 Å². The van der Waals surface area contributed by atoms with Gasteiger partial charge in [-0.2, -0.15) is 0 Å². The van der Waals surface area contributed by atoms with Gasteiger partial charge in [0.1, 0.15) is 12.4 Å². The molecule has 0 saturated heterocycles. The molecule has 26 heavy (non-hydrogen) atoms. The summed E-state index contributed by atoms with van der Waals surface area (Å²) >= 11 is 3.11. The van der Waals surface area contributed by atoms with Gasteiger partial charge in [-0.15, -0.1) is 0 Å². The largest absolute Gasteiger partial charge is 0.528 e. The van der Waals surface area contributed by atoms with Gasteiger partial charge in [-0.05, 0) is 57.2 Å². The lowest BCUT2D eigenvalue weighted by Crippen LogP contribution is -2.28. The molecule has 0 aliphatic heterocycles. The van der Waals surface area contributed by atoms with Crippen molar-refractivity contribution >= 4 is 37.8 Å². The summed E-state index contributed by atoms with van der Waals surface area (Å²) in [6.07, 6.45) is -1.16. The molecule has 0 spiro atoms. The van der Waals surface area contributed by atoms with E-state index in [1.165, 1.54) is 6.07 Å². The van der Waals surface area contributed by atoms with Gasteiger partial charge in [-0.1, -0.05) is 12.1 Å². The Labute approximate surface area is 159 Å². The number of carbonyl (C=O) groups excluding carboxylic acids is 1. The smallest absolute Gasteiger partial charge is 0.497 e. The average Bonchev–Trinajstić information content (AvgIpc) is 2.64. The van der Waals surface area contributed by atoms with Crippen LogP contribution in [0, 0.1) is 0 Å². The quantitative estimate of drug-likeness (QED) is 0.366. The Bertz CT molecular complexity index is 842. The predicted octanol–water partition coefficient (Wildman–Crippen LogP) is 2.92. The molecule has 8 nitrogen and oxygen atoms in total. The van der Waals surface area contributed by atoms with Gasteiger partial charge in [0, 0.05) is 16.7 Å². The number of ether oxygens (including phenoxy) is 2. The standard InChI is InChI=1S/C16H17BrN2O6S/c1-23-13-8-6-12(7-9-13)18-10-11-24-16(20)25-19-26(21,22)15-5-3-2-4-14(15)17/h2-9,18-19H,10-11H2,1H3. The normalized spacial score (nSPS) is 10.8. The molecular weight excluding hydrogens is 428 g/mol. The summed E-state index contributed by atoms with van der Waals surface area (Å²) in [4.78, 5) is 17.6. The fourth-order valence-electron chi connectivity index (χ4n) is 1.86. The van der Waals surface area contributed by atoms with E-state index in [4.69, 9.17) is 9.47 Å². The highest BCUT2D eigenvalue weighted by atomic mass is 79.9. The second-order valence-corrected chi connectivity index (χ2v) is 7.34. The maximum Gasteiger partial charge on any atom is 0.528 e. The fourth-order valence-corrected chi connectivity index (χ4v) is 3.64. The third-order valence-corrected chi connectivity index (χ3v) is 5.29. The molecule has 0 fully saturated rings. The van der Waals surface area contributed by atoms with Crippen molar-refractivity contribution in [3.05, 3.63) is 53.0 Å². The lowest BCUT2D eigenvalue weighted by molar-refractivity contribution is 0.0418. The molecule has 2 rings (SSSR count). The first-order chi connectivity index (χ1) is 12.4. The number of anilines is 1. The van der Waals surface area contributed by atoms with Crippen LogP contribution >= 0.6 is 15.9 Å². The van der Waals surface area contributed by atoms with Gasteiger partial charge in [-0.25, -0.2) is 13.2 Å². The van der Waals surface area contributed by atoms with Crippen LogP contribution in [0.15, 0.2) is 57.9 Å². The van der Waals surface area contributed by atoms with Crippen molar-refractivity contribution in [1.29, 1.82) is 0 Å². The molecule has 0 amide bonds. The zero-order valence-corrected chi connectivity index (χ0v) is 16.2. The molecule has 10 heteroatoms. The van der Waals surface area contributed by atoms with E-state index in [-0.39, 0.29) is 11.5 Å². The number of hydrogen-bond acceptors (Lipinski definition) is 7. The Morgan fingerprint density at radius 3 is 2.46 bits per heavy atom. The van der Waals surface area contributed by atoms with E-state index >= 15 is 0 Å². The van der Waals surface area contributed by atoms with Crippen molar-refractivity contribution in [3.63, 3.8) is 0 Å². The zero-order chi connectivity index (χ0) is 19.0. The highest BCUT2D eigenvalue weighted by Crippen LogP contribution is 2.20. The molecule has 0 bridgehead atoms. The highest BCUT2D eigenvalue weighted by Gasteiger charge is 2.19. The Morgan fingerprint density at radius 2 is 1.81 bits per heavy atom. The van der Waals surface area contributed by atoms with Crippen LogP contribution in [0.3, 0.4) is 0 Å². The second-order valence-electron chi connectivity index (χ2n) is 4.87. The van der Waals surface area contributed by atoms with Crippen molar-refractivity contribution in [2.24, 2.45) is 0 Å². The SMILES string of the molecule is COc1ccc(NCCOC(=O)ONS(=O)(=O)c2ccccc2Br)cc1. The van der Waals surface area contributed by atoms with E-state index in [1.807, 2.05) is 12.1 Å². The summed E-state index contributed by atoms with van der Waals surface area (Å²) < 4.78 is 34.2. The lowest BCUT2D eigenvalue weighted by Gasteiger charge is -2.10. The van der Waals surface area contributed by atoms with Crippen LogP contribution in [0.25, 0.3) is 0 Å². The summed E-state index contributed by atoms with van der Waals surface area (Å²) in [5.41, 5.74) is 0.817. The summed E-state index contributed by atoms with van der Waals surface area (Å²) in [6.45, 7) is 0.306.